The Balaban J connectivity index is 2.39. The molecule has 0 aliphatic heterocycles. The van der Waals surface area contributed by atoms with Gasteiger partial charge < -0.3 is 0 Å². The highest BCUT2D eigenvalue weighted by atomic mass is 16.1. The van der Waals surface area contributed by atoms with E-state index in [1.807, 2.05) is 0 Å². The molecule has 0 aromatic rings. The van der Waals surface area contributed by atoms with E-state index in [0.29, 0.717) is 0 Å². The monoisotopic (exact) mass is 109 g/mol. The molecule has 0 N–H and O–H groups in total. The molecule has 0 saturated heterocycles. The molecule has 1 fully saturated rings. The first-order valence-electron chi connectivity index (χ1n) is 2.45. The predicted molar refractivity (Wildman–Crippen MR) is 26.2 cm³/mol. The van der Waals surface area contributed by atoms with Gasteiger partial charge in [-0.2, -0.15) is 5.26 Å². The molecule has 0 aromatic heterocycles. The number of rotatable bonds is 2. The Morgan fingerprint density at radius 1 is 1.62 bits per heavy atom. The van der Waals surface area contributed by atoms with Gasteiger partial charge in [-0.15, -0.1) is 0 Å². The number of carbonyl (C=O) groups excluding carboxylic acids is 1. The fourth-order valence-electron chi connectivity index (χ4n) is 0.509. The van der Waals surface area contributed by atoms with E-state index in [0.717, 1.165) is 17.7 Å². The zero-order valence-corrected chi connectivity index (χ0v) is 4.29. The number of hydrogen-bond donors (Lipinski definition) is 0. The van der Waals surface area contributed by atoms with Crippen molar-refractivity contribution >= 4 is 6.41 Å². The Kier molecular flexibility index (Phi) is 1.17. The maximum absolute atomic E-state index is 9.80. The summed E-state index contributed by atoms with van der Waals surface area (Å²) in [6, 6.07) is 0.178. The van der Waals surface area contributed by atoms with Crippen molar-refractivity contribution in [2.24, 2.45) is 0 Å². The second-order valence-electron chi connectivity index (χ2n) is 1.79. The summed E-state index contributed by atoms with van der Waals surface area (Å²) in [4.78, 5) is 10.8. The van der Waals surface area contributed by atoms with Crippen LogP contribution in [0.4, 0.5) is 0 Å². The third-order valence-electron chi connectivity index (χ3n) is 1.12. The lowest BCUT2D eigenvalue weighted by atomic mass is 10.6. The van der Waals surface area contributed by atoms with Gasteiger partial charge in [0.05, 0.1) is 0 Å². The van der Waals surface area contributed by atoms with Crippen LogP contribution >= 0.6 is 0 Å². The van der Waals surface area contributed by atoms with E-state index < -0.39 is 0 Å². The van der Waals surface area contributed by atoms with Crippen molar-refractivity contribution in [3.8, 4) is 6.19 Å². The smallest absolute Gasteiger partial charge is 0.262 e. The van der Waals surface area contributed by atoms with E-state index in [1.54, 1.807) is 6.19 Å². The number of nitriles is 1. The summed E-state index contributed by atoms with van der Waals surface area (Å²) in [6.45, 7) is 0. The zero-order valence-electron chi connectivity index (χ0n) is 4.29. The molecule has 1 aliphatic carbocycles. The molecule has 3 nitrogen and oxygen atoms in total. The molecule has 8 heavy (non-hydrogen) atoms. The molecule has 0 heterocycles. The van der Waals surface area contributed by atoms with Crippen molar-refractivity contribution in [1.82, 2.24) is 4.90 Å². The maximum atomic E-state index is 9.80. The first kappa shape index (κ1) is 5.10. The van der Waals surface area contributed by atoms with Gasteiger partial charge in [-0.25, -0.2) is 4.90 Å². The van der Waals surface area contributed by atoms with Crippen LogP contribution < -0.4 is 0 Å². The van der Waals surface area contributed by atoms with E-state index in [4.69, 9.17) is 5.26 Å². The molecule has 0 atom stereocenters. The molecule has 1 aliphatic rings. The molecule has 0 spiro atoms. The third kappa shape index (κ3) is 0.784. The third-order valence-corrected chi connectivity index (χ3v) is 1.12. The summed E-state index contributed by atoms with van der Waals surface area (Å²) in [5.41, 5.74) is 0. The lowest BCUT2D eigenvalue weighted by Gasteiger charge is -1.98. The van der Waals surface area contributed by atoms with Crippen LogP contribution in [-0.4, -0.2) is 17.4 Å². The topological polar surface area (TPSA) is 44.1 Å². The zero-order chi connectivity index (χ0) is 5.98. The Labute approximate surface area is 47.5 Å². The van der Waals surface area contributed by atoms with Crippen LogP contribution in [0.15, 0.2) is 0 Å². The molecule has 0 aromatic carbocycles. The summed E-state index contributed by atoms with van der Waals surface area (Å²) < 4.78 is 0. The first-order chi connectivity index (χ1) is 3.88. The summed E-state index contributed by atoms with van der Waals surface area (Å²) in [5.74, 6) is 0. The highest BCUT2D eigenvalue weighted by Gasteiger charge is 2.28. The lowest BCUT2D eigenvalue weighted by Crippen LogP contribution is -2.16. The van der Waals surface area contributed by atoms with E-state index in [2.05, 4.69) is 0 Å². The maximum Gasteiger partial charge on any atom is 0.326 e. The van der Waals surface area contributed by atoms with Gasteiger partial charge in [-0.05, 0) is 12.8 Å². The van der Waals surface area contributed by atoms with Crippen molar-refractivity contribution in [3.63, 3.8) is 0 Å². The normalized spacial score (nSPS) is 16.9. The molecular formula is C5H5N2O. The van der Waals surface area contributed by atoms with Gasteiger partial charge in [0.15, 0.2) is 6.19 Å². The first-order valence-corrected chi connectivity index (χ1v) is 2.45. The minimum atomic E-state index is 0.178. The number of nitrogens with zero attached hydrogens (tertiary/aromatic N) is 2. The van der Waals surface area contributed by atoms with Crippen molar-refractivity contribution in [2.45, 2.75) is 18.9 Å². The molecule has 1 radical (unpaired) electrons. The van der Waals surface area contributed by atoms with Crippen LogP contribution in [0.2, 0.25) is 0 Å². The lowest BCUT2D eigenvalue weighted by molar-refractivity contribution is 0.465. The van der Waals surface area contributed by atoms with Crippen LogP contribution in [-0.2, 0) is 4.79 Å². The second kappa shape index (κ2) is 1.83. The van der Waals surface area contributed by atoms with Crippen molar-refractivity contribution < 1.29 is 4.79 Å². The summed E-state index contributed by atoms with van der Waals surface area (Å²) in [6.07, 6.45) is 5.18. The fraction of sp³-hybridized carbons (Fsp3) is 0.600. The molecule has 0 unspecified atom stereocenters. The molecule has 0 bridgehead atoms. The standard InChI is InChI=1S/C5H5N2O/c6-3-7(4-8)5-1-2-5/h5H,1-2H2. The largest absolute Gasteiger partial charge is 0.326 e. The van der Waals surface area contributed by atoms with Gasteiger partial charge in [0.2, 0.25) is 0 Å². The van der Waals surface area contributed by atoms with E-state index in [-0.39, 0.29) is 6.04 Å². The summed E-state index contributed by atoms with van der Waals surface area (Å²) in [7, 11) is 0. The quantitative estimate of drug-likeness (QED) is 0.370. The Hall–Kier alpha value is -1.04. The highest BCUT2D eigenvalue weighted by molar-refractivity contribution is 5.52. The van der Waals surface area contributed by atoms with Crippen molar-refractivity contribution in [3.05, 3.63) is 0 Å². The molecule has 3 heteroatoms. The highest BCUT2D eigenvalue weighted by Crippen LogP contribution is 2.24. The average Bonchev–Trinajstić information content (AvgIpc) is 2.53. The average molecular weight is 109 g/mol. The van der Waals surface area contributed by atoms with Gasteiger partial charge in [0, 0.05) is 6.04 Å². The molecule has 1 saturated carbocycles. The molecule has 41 valence electrons. The molecular weight excluding hydrogens is 104 g/mol. The van der Waals surface area contributed by atoms with Gasteiger partial charge in [0.1, 0.15) is 0 Å². The van der Waals surface area contributed by atoms with Crippen LogP contribution in [0.25, 0.3) is 0 Å². The van der Waals surface area contributed by atoms with Gasteiger partial charge in [-0.1, -0.05) is 0 Å². The van der Waals surface area contributed by atoms with Crippen LogP contribution in [0.1, 0.15) is 12.8 Å². The van der Waals surface area contributed by atoms with E-state index in [1.165, 1.54) is 6.41 Å². The summed E-state index contributed by atoms with van der Waals surface area (Å²) >= 11 is 0. The minimum absolute atomic E-state index is 0.178. The van der Waals surface area contributed by atoms with Gasteiger partial charge >= 0.3 is 6.41 Å². The number of amides is 1. The predicted octanol–water partition coefficient (Wildman–Crippen LogP) is -0.000920. The Morgan fingerprint density at radius 2 is 2.25 bits per heavy atom. The Morgan fingerprint density at radius 3 is 2.38 bits per heavy atom. The van der Waals surface area contributed by atoms with E-state index in [9.17, 15) is 4.79 Å². The number of hydrogen-bond acceptors (Lipinski definition) is 2. The minimum Gasteiger partial charge on any atom is -0.262 e. The molecule has 1 amide bonds. The fourth-order valence-corrected chi connectivity index (χ4v) is 0.509. The second-order valence-corrected chi connectivity index (χ2v) is 1.79. The van der Waals surface area contributed by atoms with Crippen molar-refractivity contribution in [1.29, 1.82) is 5.26 Å². The SMILES string of the molecule is N#CN([C]=O)C1CC1. The van der Waals surface area contributed by atoms with Crippen molar-refractivity contribution in [2.75, 3.05) is 0 Å². The van der Waals surface area contributed by atoms with Gasteiger partial charge in [-0.3, -0.25) is 4.79 Å². The van der Waals surface area contributed by atoms with Crippen LogP contribution in [0.5, 0.6) is 0 Å². The Bertz CT molecular complexity index is 134. The molecule has 1 rings (SSSR count). The van der Waals surface area contributed by atoms with Crippen LogP contribution in [0.3, 0.4) is 0 Å². The van der Waals surface area contributed by atoms with E-state index >= 15 is 0 Å². The van der Waals surface area contributed by atoms with Gasteiger partial charge in [0.25, 0.3) is 0 Å². The summed E-state index contributed by atoms with van der Waals surface area (Å²) in [5, 5.41) is 8.15. The van der Waals surface area contributed by atoms with Crippen LogP contribution in [0, 0.1) is 11.5 Å².